The van der Waals surface area contributed by atoms with Crippen LogP contribution in [0.15, 0.2) is 66.7 Å². The number of carbonyl (C=O) groups excluding carboxylic acids is 1. The van der Waals surface area contributed by atoms with Crippen molar-refractivity contribution in [1.29, 1.82) is 0 Å². The molecule has 0 bridgehead atoms. The maximum Gasteiger partial charge on any atom is 0.407 e. The third kappa shape index (κ3) is 4.70. The molecule has 0 saturated carbocycles. The van der Waals surface area contributed by atoms with Gasteiger partial charge in [-0.3, -0.25) is 10.1 Å². The molecule has 0 radical (unpaired) electrons. The second kappa shape index (κ2) is 9.90. The molecule has 34 heavy (non-hydrogen) atoms. The largest absolute Gasteiger partial charge is 0.449 e. The van der Waals surface area contributed by atoms with Gasteiger partial charge in [0, 0.05) is 24.2 Å². The van der Waals surface area contributed by atoms with E-state index in [1.165, 1.54) is 12.1 Å². The highest BCUT2D eigenvalue weighted by Crippen LogP contribution is 2.44. The Morgan fingerprint density at radius 1 is 1.06 bits per heavy atom. The molecule has 0 saturated heterocycles. The summed E-state index contributed by atoms with van der Waals surface area (Å²) in [4.78, 5) is 22.8. The van der Waals surface area contributed by atoms with Gasteiger partial charge in [0.1, 0.15) is 12.7 Å². The molecule has 1 aliphatic rings. The fourth-order valence-corrected chi connectivity index (χ4v) is 4.31. The summed E-state index contributed by atoms with van der Waals surface area (Å²) in [5.41, 5.74) is 9.77. The molecule has 0 aromatic heterocycles. The Hall–Kier alpha value is -3.95. The van der Waals surface area contributed by atoms with E-state index in [-0.39, 0.29) is 42.4 Å². The SMILES string of the molecule is Nc1ccc(C(O)C(O)CCNC(=O)OCC2c3ccccc3-c3ccccc32)c([N+](=O)[O-])c1. The predicted molar refractivity (Wildman–Crippen MR) is 126 cm³/mol. The van der Waals surface area contributed by atoms with Crippen molar-refractivity contribution in [3.05, 3.63) is 93.5 Å². The zero-order valence-corrected chi connectivity index (χ0v) is 18.3. The number of rotatable bonds is 8. The van der Waals surface area contributed by atoms with E-state index in [1.54, 1.807) is 0 Å². The number of ether oxygens (including phenoxy) is 1. The number of nitrogen functional groups attached to an aromatic ring is 1. The quantitative estimate of drug-likeness (QED) is 0.227. The number of nitrogens with zero attached hydrogens (tertiary/aromatic N) is 1. The number of anilines is 1. The molecule has 0 aliphatic heterocycles. The molecule has 176 valence electrons. The van der Waals surface area contributed by atoms with Gasteiger partial charge in [-0.25, -0.2) is 4.79 Å². The van der Waals surface area contributed by atoms with Crippen molar-refractivity contribution in [1.82, 2.24) is 5.32 Å². The number of nitrogens with two attached hydrogens (primary N) is 1. The Balaban J connectivity index is 1.30. The third-order valence-electron chi connectivity index (χ3n) is 5.99. The number of aliphatic hydroxyl groups excluding tert-OH is 2. The minimum absolute atomic E-state index is 0.0116. The lowest BCUT2D eigenvalue weighted by Gasteiger charge is -2.19. The summed E-state index contributed by atoms with van der Waals surface area (Å²) in [6.45, 7) is 0.167. The van der Waals surface area contributed by atoms with Crippen molar-refractivity contribution in [2.75, 3.05) is 18.9 Å². The number of amides is 1. The molecule has 5 N–H and O–H groups in total. The molecule has 3 aromatic carbocycles. The van der Waals surface area contributed by atoms with E-state index in [0.717, 1.165) is 28.3 Å². The maximum atomic E-state index is 12.2. The van der Waals surface area contributed by atoms with Crippen LogP contribution in [0.3, 0.4) is 0 Å². The number of benzene rings is 3. The average Bonchev–Trinajstić information content (AvgIpc) is 3.16. The molecule has 4 rings (SSSR count). The van der Waals surface area contributed by atoms with Gasteiger partial charge in [0.25, 0.3) is 5.69 Å². The number of fused-ring (bicyclic) bond motifs is 3. The van der Waals surface area contributed by atoms with Crippen LogP contribution in [0.25, 0.3) is 11.1 Å². The summed E-state index contributed by atoms with van der Waals surface area (Å²) in [6, 6.07) is 19.8. The minimum Gasteiger partial charge on any atom is -0.449 e. The molecule has 1 aliphatic carbocycles. The lowest BCUT2D eigenvalue weighted by Crippen LogP contribution is -2.30. The van der Waals surface area contributed by atoms with Gasteiger partial charge in [0.15, 0.2) is 0 Å². The first-order valence-electron chi connectivity index (χ1n) is 10.9. The third-order valence-corrected chi connectivity index (χ3v) is 5.99. The number of nitrogens with one attached hydrogen (secondary N) is 1. The topological polar surface area (TPSA) is 148 Å². The van der Waals surface area contributed by atoms with Crippen molar-refractivity contribution in [2.45, 2.75) is 24.5 Å². The Kier molecular flexibility index (Phi) is 6.76. The number of aliphatic hydroxyl groups is 2. The van der Waals surface area contributed by atoms with Gasteiger partial charge in [-0.15, -0.1) is 0 Å². The van der Waals surface area contributed by atoms with Crippen molar-refractivity contribution in [3.63, 3.8) is 0 Å². The first-order chi connectivity index (χ1) is 16.4. The molecule has 0 heterocycles. The Morgan fingerprint density at radius 3 is 2.29 bits per heavy atom. The number of nitro groups is 1. The molecule has 3 aromatic rings. The highest BCUT2D eigenvalue weighted by molar-refractivity contribution is 5.79. The van der Waals surface area contributed by atoms with E-state index < -0.39 is 23.2 Å². The molecular formula is C25H25N3O6. The van der Waals surface area contributed by atoms with Crippen LogP contribution in [0.5, 0.6) is 0 Å². The summed E-state index contributed by atoms with van der Waals surface area (Å²) >= 11 is 0. The van der Waals surface area contributed by atoms with E-state index in [9.17, 15) is 25.1 Å². The smallest absolute Gasteiger partial charge is 0.407 e. The standard InChI is InChI=1S/C25H25N3O6/c26-15-9-10-20(22(13-15)28(32)33)24(30)23(29)11-12-27-25(31)34-14-21-18-7-3-1-5-16(18)17-6-2-4-8-19(17)21/h1-10,13,21,23-24,29-30H,11-12,14,26H2,(H,27,31). The van der Waals surface area contributed by atoms with Crippen molar-refractivity contribution >= 4 is 17.5 Å². The molecule has 0 fully saturated rings. The Morgan fingerprint density at radius 2 is 1.68 bits per heavy atom. The van der Waals surface area contributed by atoms with Crippen LogP contribution in [0.2, 0.25) is 0 Å². The number of hydrogen-bond donors (Lipinski definition) is 4. The van der Waals surface area contributed by atoms with Gasteiger partial charge < -0.3 is 26.0 Å². The highest BCUT2D eigenvalue weighted by Gasteiger charge is 2.29. The van der Waals surface area contributed by atoms with Gasteiger partial charge in [0.2, 0.25) is 0 Å². The summed E-state index contributed by atoms with van der Waals surface area (Å²) in [5.74, 6) is -0.0726. The van der Waals surface area contributed by atoms with E-state index in [1.807, 2.05) is 48.5 Å². The van der Waals surface area contributed by atoms with Gasteiger partial charge >= 0.3 is 6.09 Å². The zero-order chi connectivity index (χ0) is 24.2. The van der Waals surface area contributed by atoms with Crippen LogP contribution in [0, 0.1) is 10.1 Å². The summed E-state index contributed by atoms with van der Waals surface area (Å²) in [7, 11) is 0. The number of alkyl carbamates (subject to hydrolysis) is 1. The van der Waals surface area contributed by atoms with Gasteiger partial charge in [-0.2, -0.15) is 0 Å². The molecule has 1 amide bonds. The summed E-state index contributed by atoms with van der Waals surface area (Å²) < 4.78 is 5.43. The van der Waals surface area contributed by atoms with E-state index >= 15 is 0 Å². The fourth-order valence-electron chi connectivity index (χ4n) is 4.31. The first-order valence-corrected chi connectivity index (χ1v) is 10.9. The molecule has 0 spiro atoms. The number of carbonyl (C=O) groups is 1. The van der Waals surface area contributed by atoms with Crippen LogP contribution in [-0.4, -0.2) is 40.5 Å². The highest BCUT2D eigenvalue weighted by atomic mass is 16.6. The predicted octanol–water partition coefficient (Wildman–Crippen LogP) is 3.50. The monoisotopic (exact) mass is 463 g/mol. The van der Waals surface area contributed by atoms with Crippen LogP contribution in [0.4, 0.5) is 16.2 Å². The van der Waals surface area contributed by atoms with Crippen LogP contribution < -0.4 is 11.1 Å². The summed E-state index contributed by atoms with van der Waals surface area (Å²) in [5, 5.41) is 34.4. The van der Waals surface area contributed by atoms with Crippen LogP contribution in [0.1, 0.15) is 35.1 Å². The molecular weight excluding hydrogens is 438 g/mol. The average molecular weight is 463 g/mol. The fraction of sp³-hybridized carbons (Fsp3) is 0.240. The van der Waals surface area contributed by atoms with Gasteiger partial charge in [-0.05, 0) is 40.8 Å². The minimum atomic E-state index is -1.51. The Bertz CT molecular complexity index is 1170. The zero-order valence-electron chi connectivity index (χ0n) is 18.3. The Labute approximate surface area is 196 Å². The van der Waals surface area contributed by atoms with E-state index in [2.05, 4.69) is 5.32 Å². The van der Waals surface area contributed by atoms with Crippen LogP contribution in [-0.2, 0) is 4.74 Å². The molecule has 9 heteroatoms. The molecule has 9 nitrogen and oxygen atoms in total. The van der Waals surface area contributed by atoms with Crippen molar-refractivity contribution in [3.8, 4) is 11.1 Å². The molecule has 2 unspecified atom stereocenters. The maximum absolute atomic E-state index is 12.2. The van der Waals surface area contributed by atoms with Gasteiger partial charge in [0.05, 0.1) is 16.6 Å². The second-order valence-corrected chi connectivity index (χ2v) is 8.13. The summed E-state index contributed by atoms with van der Waals surface area (Å²) in [6.07, 6.45) is -3.53. The van der Waals surface area contributed by atoms with Gasteiger partial charge in [-0.1, -0.05) is 48.5 Å². The molecule has 2 atom stereocenters. The lowest BCUT2D eigenvalue weighted by molar-refractivity contribution is -0.386. The second-order valence-electron chi connectivity index (χ2n) is 8.13. The lowest BCUT2D eigenvalue weighted by atomic mass is 9.98. The van der Waals surface area contributed by atoms with E-state index in [4.69, 9.17) is 10.5 Å². The van der Waals surface area contributed by atoms with Crippen LogP contribution >= 0.6 is 0 Å². The van der Waals surface area contributed by atoms with Crippen molar-refractivity contribution < 1.29 is 24.7 Å². The first kappa shape index (κ1) is 23.2. The normalized spacial score (nSPS) is 14.1. The number of hydrogen-bond acceptors (Lipinski definition) is 7. The van der Waals surface area contributed by atoms with E-state index in [0.29, 0.717) is 0 Å². The number of nitro benzene ring substituents is 1. The van der Waals surface area contributed by atoms with Crippen molar-refractivity contribution in [2.24, 2.45) is 0 Å².